The molecule has 24 heavy (non-hydrogen) atoms. The number of aromatic nitrogens is 1. The van der Waals surface area contributed by atoms with Crippen LogP contribution in [0.15, 0.2) is 18.3 Å². The van der Waals surface area contributed by atoms with Crippen molar-refractivity contribution >= 4 is 23.7 Å². The Kier molecular flexibility index (Phi) is 4.26. The van der Waals surface area contributed by atoms with Crippen LogP contribution in [0.2, 0.25) is 0 Å². The zero-order chi connectivity index (χ0) is 17.3. The van der Waals surface area contributed by atoms with Gasteiger partial charge in [-0.05, 0) is 31.4 Å². The monoisotopic (exact) mass is 330 g/mol. The Labute approximate surface area is 141 Å². The predicted molar refractivity (Wildman–Crippen MR) is 88.3 cm³/mol. The van der Waals surface area contributed by atoms with Gasteiger partial charge in [0.05, 0.1) is 0 Å². The lowest BCUT2D eigenvalue weighted by Crippen LogP contribution is -2.49. The van der Waals surface area contributed by atoms with Crippen molar-refractivity contribution in [1.82, 2.24) is 14.8 Å². The van der Waals surface area contributed by atoms with Crippen molar-refractivity contribution in [3.05, 3.63) is 23.9 Å². The van der Waals surface area contributed by atoms with E-state index in [0.717, 1.165) is 29.7 Å². The smallest absolute Gasteiger partial charge is 0.313 e. The molecule has 7 nitrogen and oxygen atoms in total. The molecule has 7 heteroatoms. The van der Waals surface area contributed by atoms with Gasteiger partial charge < -0.3 is 10.2 Å². The zero-order valence-electron chi connectivity index (χ0n) is 14.0. The van der Waals surface area contributed by atoms with Crippen LogP contribution in [0.5, 0.6) is 0 Å². The van der Waals surface area contributed by atoms with Crippen LogP contribution < -0.4 is 5.32 Å². The Hall–Kier alpha value is -2.44. The van der Waals surface area contributed by atoms with Crippen molar-refractivity contribution in [3.63, 3.8) is 0 Å². The molecular weight excluding hydrogens is 308 g/mol. The summed E-state index contributed by atoms with van der Waals surface area (Å²) in [5, 5.41) is 2.67. The van der Waals surface area contributed by atoms with E-state index in [-0.39, 0.29) is 12.5 Å². The van der Waals surface area contributed by atoms with Gasteiger partial charge in [0.2, 0.25) is 5.91 Å². The summed E-state index contributed by atoms with van der Waals surface area (Å²) in [5.74, 6) is -0.218. The molecule has 1 saturated heterocycles. The molecule has 0 atom stereocenters. The highest BCUT2D eigenvalue weighted by Crippen LogP contribution is 2.39. The third kappa shape index (κ3) is 2.64. The van der Waals surface area contributed by atoms with E-state index in [0.29, 0.717) is 18.7 Å². The number of hydrogen-bond acceptors (Lipinski definition) is 4. The number of pyridine rings is 1. The zero-order valence-corrected chi connectivity index (χ0v) is 14.0. The molecular formula is C17H22N4O3. The van der Waals surface area contributed by atoms with Gasteiger partial charge in [0.25, 0.3) is 5.91 Å². The van der Waals surface area contributed by atoms with Gasteiger partial charge in [0.1, 0.15) is 17.9 Å². The van der Waals surface area contributed by atoms with Gasteiger partial charge in [0, 0.05) is 13.2 Å². The minimum atomic E-state index is -0.753. The number of carbonyl (C=O) groups is 3. The van der Waals surface area contributed by atoms with Gasteiger partial charge in [-0.2, -0.15) is 0 Å². The number of urea groups is 1. The summed E-state index contributed by atoms with van der Waals surface area (Å²) in [5.41, 5.74) is 0.0714. The molecule has 1 aromatic rings. The van der Waals surface area contributed by atoms with Crippen molar-refractivity contribution < 1.29 is 14.4 Å². The molecule has 0 bridgehead atoms. The highest BCUT2D eigenvalue weighted by molar-refractivity contribution is 6.10. The summed E-state index contributed by atoms with van der Waals surface area (Å²) < 4.78 is 0. The average Bonchev–Trinajstić information content (AvgIpc) is 2.74. The molecule has 1 aliphatic heterocycles. The first kappa shape index (κ1) is 16.4. The fourth-order valence-corrected chi connectivity index (χ4v) is 3.60. The van der Waals surface area contributed by atoms with E-state index in [1.54, 1.807) is 19.3 Å². The second-order valence-corrected chi connectivity index (χ2v) is 6.54. The minimum absolute atomic E-state index is 0.248. The van der Waals surface area contributed by atoms with E-state index in [4.69, 9.17) is 0 Å². The fraction of sp³-hybridized carbons (Fsp3) is 0.529. The number of amides is 4. The van der Waals surface area contributed by atoms with Gasteiger partial charge in [-0.25, -0.2) is 9.78 Å². The highest BCUT2D eigenvalue weighted by Gasteiger charge is 2.55. The Morgan fingerprint density at radius 2 is 2.00 bits per heavy atom. The molecule has 0 radical (unpaired) electrons. The number of imide groups is 1. The Morgan fingerprint density at radius 3 is 2.67 bits per heavy atom. The SMILES string of the molecule is Cc1cccnc1NC(=O)CN1C(=O)N(C)C2(CCCCC2)C1=O. The van der Waals surface area contributed by atoms with Gasteiger partial charge in [0.15, 0.2) is 0 Å². The van der Waals surface area contributed by atoms with Crippen LogP contribution in [0.3, 0.4) is 0 Å². The summed E-state index contributed by atoms with van der Waals surface area (Å²) in [6, 6.07) is 3.22. The van der Waals surface area contributed by atoms with Crippen molar-refractivity contribution in [2.24, 2.45) is 0 Å². The largest absolute Gasteiger partial charge is 0.327 e. The van der Waals surface area contributed by atoms with Gasteiger partial charge in [-0.1, -0.05) is 25.3 Å². The molecule has 1 spiro atoms. The fourth-order valence-electron chi connectivity index (χ4n) is 3.60. The van der Waals surface area contributed by atoms with Crippen LogP contribution >= 0.6 is 0 Å². The van der Waals surface area contributed by atoms with E-state index in [2.05, 4.69) is 10.3 Å². The third-order valence-electron chi connectivity index (χ3n) is 5.05. The normalized spacial score (nSPS) is 19.9. The third-order valence-corrected chi connectivity index (χ3v) is 5.05. The van der Waals surface area contributed by atoms with E-state index >= 15 is 0 Å². The van der Waals surface area contributed by atoms with E-state index in [9.17, 15) is 14.4 Å². The van der Waals surface area contributed by atoms with Crippen molar-refractivity contribution in [1.29, 1.82) is 0 Å². The molecule has 2 aliphatic rings. The highest BCUT2D eigenvalue weighted by atomic mass is 16.2. The lowest BCUT2D eigenvalue weighted by atomic mass is 9.81. The number of aryl methyl sites for hydroxylation is 1. The molecule has 2 heterocycles. The summed E-state index contributed by atoms with van der Waals surface area (Å²) in [6.07, 6.45) is 5.86. The predicted octanol–water partition coefficient (Wildman–Crippen LogP) is 1.93. The first-order chi connectivity index (χ1) is 11.5. The first-order valence-electron chi connectivity index (χ1n) is 8.27. The number of hydrogen-bond donors (Lipinski definition) is 1. The standard InChI is InChI=1S/C17H22N4O3/c1-12-7-6-10-18-14(12)19-13(22)11-21-15(23)17(20(2)16(21)24)8-4-3-5-9-17/h6-7,10H,3-5,8-9,11H2,1-2H3,(H,18,19,22). The maximum atomic E-state index is 12.8. The second-order valence-electron chi connectivity index (χ2n) is 6.54. The summed E-state index contributed by atoms with van der Waals surface area (Å²) in [4.78, 5) is 44.3. The molecule has 1 saturated carbocycles. The first-order valence-corrected chi connectivity index (χ1v) is 8.27. The maximum absolute atomic E-state index is 12.8. The maximum Gasteiger partial charge on any atom is 0.327 e. The van der Waals surface area contributed by atoms with Crippen molar-refractivity contribution in [2.75, 3.05) is 18.9 Å². The molecule has 1 aliphatic carbocycles. The number of carbonyl (C=O) groups excluding carboxylic acids is 3. The molecule has 128 valence electrons. The molecule has 1 aromatic heterocycles. The number of likely N-dealkylation sites (N-methyl/N-ethyl adjacent to an activating group) is 1. The molecule has 3 rings (SSSR count). The summed E-state index contributed by atoms with van der Waals surface area (Å²) in [6.45, 7) is 1.55. The van der Waals surface area contributed by atoms with Gasteiger partial charge in [-0.3, -0.25) is 14.5 Å². The van der Waals surface area contributed by atoms with E-state index < -0.39 is 17.5 Å². The lowest BCUT2D eigenvalue weighted by molar-refractivity contribution is -0.136. The van der Waals surface area contributed by atoms with Crippen LogP contribution in [0.4, 0.5) is 10.6 Å². The second kappa shape index (κ2) is 6.22. The van der Waals surface area contributed by atoms with Crippen molar-refractivity contribution in [2.45, 2.75) is 44.6 Å². The van der Waals surface area contributed by atoms with E-state index in [1.807, 2.05) is 13.0 Å². The average molecular weight is 330 g/mol. The van der Waals surface area contributed by atoms with Crippen LogP contribution in [-0.2, 0) is 9.59 Å². The Bertz CT molecular complexity index is 682. The molecule has 0 aromatic carbocycles. The molecule has 2 fully saturated rings. The van der Waals surface area contributed by atoms with Gasteiger partial charge in [-0.15, -0.1) is 0 Å². The quantitative estimate of drug-likeness (QED) is 0.859. The van der Waals surface area contributed by atoms with Crippen LogP contribution in [0.25, 0.3) is 0 Å². The van der Waals surface area contributed by atoms with Gasteiger partial charge >= 0.3 is 6.03 Å². The lowest BCUT2D eigenvalue weighted by Gasteiger charge is -2.35. The molecule has 4 amide bonds. The Balaban J connectivity index is 1.73. The number of anilines is 1. The number of nitrogens with one attached hydrogen (secondary N) is 1. The van der Waals surface area contributed by atoms with E-state index in [1.165, 1.54) is 4.90 Å². The van der Waals surface area contributed by atoms with Crippen LogP contribution in [0, 0.1) is 6.92 Å². The molecule has 0 unspecified atom stereocenters. The molecule has 1 N–H and O–H groups in total. The van der Waals surface area contributed by atoms with Crippen molar-refractivity contribution in [3.8, 4) is 0 Å². The number of rotatable bonds is 3. The summed E-state index contributed by atoms with van der Waals surface area (Å²) >= 11 is 0. The summed E-state index contributed by atoms with van der Waals surface area (Å²) in [7, 11) is 1.66. The van der Waals surface area contributed by atoms with Crippen LogP contribution in [-0.4, -0.2) is 51.8 Å². The number of nitrogens with zero attached hydrogens (tertiary/aromatic N) is 3. The minimum Gasteiger partial charge on any atom is -0.313 e. The van der Waals surface area contributed by atoms with Crippen LogP contribution in [0.1, 0.15) is 37.7 Å². The Morgan fingerprint density at radius 1 is 1.29 bits per heavy atom. The topological polar surface area (TPSA) is 82.6 Å².